The van der Waals surface area contributed by atoms with Crippen LogP contribution in [0, 0.1) is 0 Å². The molecule has 0 spiro atoms. The molecule has 0 aliphatic carbocycles. The lowest BCUT2D eigenvalue weighted by molar-refractivity contribution is -0.157. The monoisotopic (exact) mass is 569 g/mol. The molecule has 2 aliphatic heterocycles. The van der Waals surface area contributed by atoms with Crippen molar-refractivity contribution >= 4 is 40.5 Å². The molecule has 1 aromatic heterocycles. The SMILES string of the molecule is C[C@@H]1NC(=O)[C@H](Cc2ccccc2)NC(=O)CC=Cc2cc3cc(ccc3cn2)[C@@H](C)OC(=O)[C@@H]2CCCN(N2)C1=O. The molecule has 3 aromatic rings. The lowest BCUT2D eigenvalue weighted by Crippen LogP contribution is -2.60. The lowest BCUT2D eigenvalue weighted by atomic mass is 10.0. The van der Waals surface area contributed by atoms with E-state index >= 15 is 0 Å². The van der Waals surface area contributed by atoms with Gasteiger partial charge in [0, 0.05) is 31.0 Å². The Kier molecular flexibility index (Phi) is 8.92. The fourth-order valence-electron chi connectivity index (χ4n) is 5.17. The van der Waals surface area contributed by atoms with Crippen molar-refractivity contribution in [3.05, 3.63) is 83.7 Å². The van der Waals surface area contributed by atoms with Gasteiger partial charge in [0.1, 0.15) is 24.2 Å². The van der Waals surface area contributed by atoms with Crippen molar-refractivity contribution in [2.45, 2.75) is 63.8 Å². The molecule has 3 heterocycles. The van der Waals surface area contributed by atoms with E-state index in [1.165, 1.54) is 5.01 Å². The van der Waals surface area contributed by atoms with Gasteiger partial charge in [-0.05, 0) is 61.4 Å². The summed E-state index contributed by atoms with van der Waals surface area (Å²) in [5, 5.41) is 8.79. The van der Waals surface area contributed by atoms with E-state index in [0.717, 1.165) is 21.9 Å². The topological polar surface area (TPSA) is 130 Å². The predicted octanol–water partition coefficient (Wildman–Crippen LogP) is 2.98. The van der Waals surface area contributed by atoms with Gasteiger partial charge in [0.2, 0.25) is 11.8 Å². The second-order valence-electron chi connectivity index (χ2n) is 10.8. The standard InChI is InChI=1S/C32H35N5O5/c1-20-31(40)37-15-7-11-27(36-37)32(41)42-21(2)23-13-14-24-19-33-26(18-25(24)17-23)10-6-12-29(38)35-28(30(39)34-20)16-22-8-4-3-5-9-22/h3-6,8-10,13-14,17-21,27-28,36H,7,11-12,15-16H2,1-2H3,(H,34,39)(H,35,38)/t20-,21+,27-,28-/m0/s1. The Hall–Kier alpha value is -4.57. The Balaban J connectivity index is 1.44. The summed E-state index contributed by atoms with van der Waals surface area (Å²) >= 11 is 0. The first kappa shape index (κ1) is 28.9. The van der Waals surface area contributed by atoms with Crippen LogP contribution < -0.4 is 16.1 Å². The lowest BCUT2D eigenvalue weighted by Gasteiger charge is -2.35. The number of rotatable bonds is 2. The van der Waals surface area contributed by atoms with Crippen LogP contribution in [0.3, 0.4) is 0 Å². The number of carbonyl (C=O) groups excluding carboxylic acids is 4. The summed E-state index contributed by atoms with van der Waals surface area (Å²) in [7, 11) is 0. The average molecular weight is 570 g/mol. The molecule has 2 aliphatic rings. The van der Waals surface area contributed by atoms with Crippen LogP contribution in [0.4, 0.5) is 0 Å². The molecule has 218 valence electrons. The van der Waals surface area contributed by atoms with Crippen molar-refractivity contribution in [1.29, 1.82) is 0 Å². The highest BCUT2D eigenvalue weighted by atomic mass is 16.5. The van der Waals surface area contributed by atoms with E-state index in [-0.39, 0.29) is 24.7 Å². The number of esters is 1. The summed E-state index contributed by atoms with van der Waals surface area (Å²) in [4.78, 5) is 57.1. The zero-order valence-corrected chi connectivity index (χ0v) is 23.7. The molecule has 0 radical (unpaired) electrons. The first-order valence-corrected chi connectivity index (χ1v) is 14.2. The van der Waals surface area contributed by atoms with Crippen LogP contribution in [0.5, 0.6) is 0 Å². The van der Waals surface area contributed by atoms with Crippen LogP contribution in [0.1, 0.15) is 56.0 Å². The number of carbonyl (C=O) groups is 4. The van der Waals surface area contributed by atoms with E-state index in [1.807, 2.05) is 61.5 Å². The largest absolute Gasteiger partial charge is 0.457 e. The normalized spacial score (nSPS) is 24.2. The fourth-order valence-corrected chi connectivity index (χ4v) is 5.17. The molecule has 5 bridgehead atoms. The van der Waals surface area contributed by atoms with Crippen molar-refractivity contribution in [3.63, 3.8) is 0 Å². The quantitative estimate of drug-likeness (QED) is 0.405. The molecule has 42 heavy (non-hydrogen) atoms. The molecule has 0 unspecified atom stereocenters. The number of hydrogen-bond donors (Lipinski definition) is 3. The average Bonchev–Trinajstić information content (AvgIpc) is 3.00. The predicted molar refractivity (Wildman–Crippen MR) is 157 cm³/mol. The van der Waals surface area contributed by atoms with Crippen molar-refractivity contribution in [1.82, 2.24) is 26.1 Å². The van der Waals surface area contributed by atoms with E-state index < -0.39 is 36.1 Å². The summed E-state index contributed by atoms with van der Waals surface area (Å²) in [5.74, 6) is -1.65. The number of nitrogens with zero attached hydrogens (tertiary/aromatic N) is 2. The highest BCUT2D eigenvalue weighted by Crippen LogP contribution is 2.24. The van der Waals surface area contributed by atoms with Gasteiger partial charge in [0.25, 0.3) is 5.91 Å². The maximum atomic E-state index is 13.4. The van der Waals surface area contributed by atoms with Crippen LogP contribution in [0.2, 0.25) is 0 Å². The number of pyridine rings is 1. The number of ether oxygens (including phenoxy) is 1. The van der Waals surface area contributed by atoms with Gasteiger partial charge >= 0.3 is 5.97 Å². The van der Waals surface area contributed by atoms with Gasteiger partial charge in [-0.15, -0.1) is 0 Å². The van der Waals surface area contributed by atoms with Gasteiger partial charge in [-0.25, -0.2) is 5.43 Å². The maximum absolute atomic E-state index is 13.4. The van der Waals surface area contributed by atoms with Crippen molar-refractivity contribution < 1.29 is 23.9 Å². The molecule has 4 atom stereocenters. The zero-order chi connectivity index (χ0) is 29.6. The zero-order valence-electron chi connectivity index (χ0n) is 23.7. The third-order valence-corrected chi connectivity index (χ3v) is 7.52. The number of benzene rings is 2. The van der Waals surface area contributed by atoms with E-state index in [0.29, 0.717) is 25.1 Å². The van der Waals surface area contributed by atoms with Crippen molar-refractivity contribution in [3.8, 4) is 0 Å². The molecule has 1 fully saturated rings. The number of cyclic esters (lactones) is 1. The highest BCUT2D eigenvalue weighted by molar-refractivity contribution is 5.92. The molecule has 3 amide bonds. The smallest absolute Gasteiger partial charge is 0.325 e. The number of nitrogens with one attached hydrogen (secondary N) is 3. The summed E-state index contributed by atoms with van der Waals surface area (Å²) in [6.07, 6.45) is 6.10. The molecular weight excluding hydrogens is 534 g/mol. The van der Waals surface area contributed by atoms with E-state index in [9.17, 15) is 19.2 Å². The van der Waals surface area contributed by atoms with Crippen molar-refractivity contribution in [2.75, 3.05) is 6.54 Å². The summed E-state index contributed by atoms with van der Waals surface area (Å²) in [5.41, 5.74) is 5.35. The molecule has 10 nitrogen and oxygen atoms in total. The number of hydrazine groups is 1. The molecule has 2 aromatic carbocycles. The molecule has 0 saturated carbocycles. The fraction of sp³-hybridized carbons (Fsp3) is 0.344. The minimum Gasteiger partial charge on any atom is -0.457 e. The minimum atomic E-state index is -0.896. The Morgan fingerprint density at radius 2 is 1.79 bits per heavy atom. The third-order valence-electron chi connectivity index (χ3n) is 7.52. The van der Waals surface area contributed by atoms with Crippen LogP contribution in [0.15, 0.2) is 66.9 Å². The first-order valence-electron chi connectivity index (χ1n) is 14.2. The highest BCUT2D eigenvalue weighted by Gasteiger charge is 2.33. The van der Waals surface area contributed by atoms with Crippen LogP contribution in [-0.4, -0.2) is 58.4 Å². The Labute approximate surface area is 244 Å². The van der Waals surface area contributed by atoms with Crippen LogP contribution >= 0.6 is 0 Å². The summed E-state index contributed by atoms with van der Waals surface area (Å²) in [6, 6.07) is 14.6. The van der Waals surface area contributed by atoms with Crippen LogP contribution in [-0.2, 0) is 30.3 Å². The van der Waals surface area contributed by atoms with Crippen molar-refractivity contribution in [2.24, 2.45) is 0 Å². The van der Waals surface area contributed by atoms with Gasteiger partial charge < -0.3 is 15.4 Å². The first-order chi connectivity index (χ1) is 20.3. The number of aromatic nitrogens is 1. The maximum Gasteiger partial charge on any atom is 0.325 e. The molecule has 5 rings (SSSR count). The number of amides is 3. The molecular formula is C32H35N5O5. The summed E-state index contributed by atoms with van der Waals surface area (Å²) in [6.45, 7) is 3.78. The molecule has 3 N–H and O–H groups in total. The Bertz CT molecular complexity index is 1510. The summed E-state index contributed by atoms with van der Waals surface area (Å²) < 4.78 is 5.80. The number of fused-ring (bicyclic) bond motifs is 4. The van der Waals surface area contributed by atoms with Gasteiger partial charge in [-0.3, -0.25) is 29.2 Å². The molecule has 10 heteroatoms. The Morgan fingerprint density at radius 3 is 2.60 bits per heavy atom. The number of hydrogen-bond acceptors (Lipinski definition) is 7. The Morgan fingerprint density at radius 1 is 0.976 bits per heavy atom. The van der Waals surface area contributed by atoms with E-state index in [1.54, 1.807) is 25.3 Å². The second-order valence-corrected chi connectivity index (χ2v) is 10.8. The van der Waals surface area contributed by atoms with Gasteiger partial charge in [-0.2, -0.15) is 0 Å². The van der Waals surface area contributed by atoms with Gasteiger partial charge in [-0.1, -0.05) is 48.5 Å². The minimum absolute atomic E-state index is 0.0406. The van der Waals surface area contributed by atoms with Gasteiger partial charge in [0.15, 0.2) is 0 Å². The van der Waals surface area contributed by atoms with Gasteiger partial charge in [0.05, 0.1) is 5.69 Å². The van der Waals surface area contributed by atoms with Crippen LogP contribution in [0.25, 0.3) is 16.8 Å². The second kappa shape index (κ2) is 12.9. The third kappa shape index (κ3) is 7.01. The molecule has 1 saturated heterocycles. The van der Waals surface area contributed by atoms with E-state index in [4.69, 9.17) is 4.74 Å². The van der Waals surface area contributed by atoms with E-state index in [2.05, 4.69) is 21.0 Å².